The molecule has 0 saturated carbocycles. The van der Waals surface area contributed by atoms with Gasteiger partial charge in [0.2, 0.25) is 0 Å². The van der Waals surface area contributed by atoms with E-state index in [1.165, 1.54) is 6.08 Å². The summed E-state index contributed by atoms with van der Waals surface area (Å²) < 4.78 is 26.5. The third kappa shape index (κ3) is 5.95. The number of benzene rings is 2. The Morgan fingerprint density at radius 3 is 2.30 bits per heavy atom. The van der Waals surface area contributed by atoms with Crippen molar-refractivity contribution in [3.8, 4) is 23.0 Å². The topological polar surface area (TPSA) is 63.2 Å². The molecule has 0 aliphatic carbocycles. The van der Waals surface area contributed by atoms with Crippen LogP contribution >= 0.6 is 0 Å². The van der Waals surface area contributed by atoms with Gasteiger partial charge in [-0.1, -0.05) is 12.1 Å². The van der Waals surface area contributed by atoms with E-state index in [2.05, 4.69) is 0 Å². The van der Waals surface area contributed by atoms with Crippen LogP contribution in [-0.2, 0) is 9.53 Å². The summed E-state index contributed by atoms with van der Waals surface area (Å²) in [5, 5.41) is 0. The van der Waals surface area contributed by atoms with Gasteiger partial charge in [-0.05, 0) is 36.8 Å². The summed E-state index contributed by atoms with van der Waals surface area (Å²) >= 11 is 0. The molecule has 0 aliphatic rings. The van der Waals surface area contributed by atoms with Crippen molar-refractivity contribution >= 4 is 12.0 Å². The van der Waals surface area contributed by atoms with Crippen LogP contribution < -0.4 is 18.9 Å². The molecule has 27 heavy (non-hydrogen) atoms. The SMILES string of the molecule is COc1cc(OC)c(OC)cc1/C=C/C(=O)OCCOc1cccc(C)c1. The van der Waals surface area contributed by atoms with Crippen molar-refractivity contribution in [2.75, 3.05) is 34.5 Å². The fraction of sp³-hybridized carbons (Fsp3) is 0.286. The molecule has 0 atom stereocenters. The molecule has 0 unspecified atom stereocenters. The van der Waals surface area contributed by atoms with Crippen molar-refractivity contribution < 1.29 is 28.5 Å². The monoisotopic (exact) mass is 372 g/mol. The van der Waals surface area contributed by atoms with Crippen molar-refractivity contribution in [1.82, 2.24) is 0 Å². The number of carbonyl (C=O) groups excluding carboxylic acids is 1. The van der Waals surface area contributed by atoms with Crippen LogP contribution in [-0.4, -0.2) is 40.5 Å². The third-order valence-corrected chi connectivity index (χ3v) is 3.72. The molecule has 0 N–H and O–H groups in total. The smallest absolute Gasteiger partial charge is 0.330 e. The van der Waals surface area contributed by atoms with Crippen molar-refractivity contribution in [3.05, 3.63) is 53.6 Å². The Morgan fingerprint density at radius 2 is 1.63 bits per heavy atom. The Labute approximate surface area is 159 Å². The maximum absolute atomic E-state index is 11.9. The summed E-state index contributed by atoms with van der Waals surface area (Å²) in [7, 11) is 4.63. The lowest BCUT2D eigenvalue weighted by molar-refractivity contribution is -0.138. The molecule has 6 nitrogen and oxygen atoms in total. The third-order valence-electron chi connectivity index (χ3n) is 3.72. The lowest BCUT2D eigenvalue weighted by Crippen LogP contribution is -2.10. The highest BCUT2D eigenvalue weighted by molar-refractivity contribution is 5.87. The molecule has 0 fully saturated rings. The molecule has 2 aromatic carbocycles. The molecule has 0 saturated heterocycles. The van der Waals surface area contributed by atoms with Crippen LogP contribution in [0.2, 0.25) is 0 Å². The van der Waals surface area contributed by atoms with Gasteiger partial charge in [0.25, 0.3) is 0 Å². The summed E-state index contributed by atoms with van der Waals surface area (Å²) in [6, 6.07) is 11.1. The van der Waals surface area contributed by atoms with Crippen LogP contribution in [0.5, 0.6) is 23.0 Å². The minimum atomic E-state index is -0.473. The van der Waals surface area contributed by atoms with Gasteiger partial charge >= 0.3 is 5.97 Å². The van der Waals surface area contributed by atoms with Crippen molar-refractivity contribution in [1.29, 1.82) is 0 Å². The lowest BCUT2D eigenvalue weighted by atomic mass is 10.1. The van der Waals surface area contributed by atoms with Crippen LogP contribution in [0.25, 0.3) is 6.08 Å². The number of ether oxygens (including phenoxy) is 5. The van der Waals surface area contributed by atoms with E-state index < -0.39 is 5.97 Å². The second-order valence-corrected chi connectivity index (χ2v) is 5.61. The van der Waals surface area contributed by atoms with E-state index in [-0.39, 0.29) is 13.2 Å². The fourth-order valence-corrected chi connectivity index (χ4v) is 2.40. The molecule has 144 valence electrons. The highest BCUT2D eigenvalue weighted by Gasteiger charge is 2.10. The van der Waals surface area contributed by atoms with E-state index in [4.69, 9.17) is 23.7 Å². The Morgan fingerprint density at radius 1 is 0.926 bits per heavy atom. The predicted octanol–water partition coefficient (Wildman–Crippen LogP) is 3.66. The van der Waals surface area contributed by atoms with E-state index in [1.54, 1.807) is 39.5 Å². The maximum Gasteiger partial charge on any atom is 0.330 e. The summed E-state index contributed by atoms with van der Waals surface area (Å²) in [6.07, 6.45) is 2.93. The van der Waals surface area contributed by atoms with Gasteiger partial charge in [0, 0.05) is 17.7 Å². The highest BCUT2D eigenvalue weighted by Crippen LogP contribution is 2.35. The Hall–Kier alpha value is -3.15. The van der Waals surface area contributed by atoms with Gasteiger partial charge in [-0.2, -0.15) is 0 Å². The summed E-state index contributed by atoms with van der Waals surface area (Å²) in [4.78, 5) is 11.9. The largest absolute Gasteiger partial charge is 0.496 e. The number of carbonyl (C=O) groups is 1. The zero-order valence-corrected chi connectivity index (χ0v) is 16.0. The highest BCUT2D eigenvalue weighted by atomic mass is 16.6. The number of methoxy groups -OCH3 is 3. The van der Waals surface area contributed by atoms with Crippen molar-refractivity contribution in [2.45, 2.75) is 6.92 Å². The molecule has 0 radical (unpaired) electrons. The molecule has 2 rings (SSSR count). The first-order valence-corrected chi connectivity index (χ1v) is 8.41. The molecule has 2 aromatic rings. The number of aryl methyl sites for hydroxylation is 1. The second-order valence-electron chi connectivity index (χ2n) is 5.61. The van der Waals surface area contributed by atoms with Crippen molar-refractivity contribution in [3.63, 3.8) is 0 Å². The standard InChI is InChI=1S/C21H24O6/c1-15-6-5-7-17(12-15)26-10-11-27-21(22)9-8-16-13-19(24-3)20(25-4)14-18(16)23-2/h5-9,12-14H,10-11H2,1-4H3/b9-8+. The summed E-state index contributed by atoms with van der Waals surface area (Å²) in [6.45, 7) is 2.42. The lowest BCUT2D eigenvalue weighted by Gasteiger charge is -2.12. The number of hydrogen-bond donors (Lipinski definition) is 0. The first-order chi connectivity index (χ1) is 13.1. The van der Waals surface area contributed by atoms with Gasteiger partial charge in [-0.15, -0.1) is 0 Å². The summed E-state index contributed by atoms with van der Waals surface area (Å²) in [5.41, 5.74) is 1.78. The van der Waals surface area contributed by atoms with E-state index in [9.17, 15) is 4.79 Å². The average Bonchev–Trinajstić information content (AvgIpc) is 2.68. The van der Waals surface area contributed by atoms with Gasteiger partial charge in [0.1, 0.15) is 24.7 Å². The molecule has 0 bridgehead atoms. The van der Waals surface area contributed by atoms with Gasteiger partial charge in [-0.3, -0.25) is 0 Å². The van der Waals surface area contributed by atoms with Gasteiger partial charge in [-0.25, -0.2) is 4.79 Å². The number of esters is 1. The van der Waals surface area contributed by atoms with Crippen LogP contribution in [0.3, 0.4) is 0 Å². The minimum absolute atomic E-state index is 0.153. The summed E-state index contributed by atoms with van der Waals surface area (Å²) in [5.74, 6) is 1.91. The zero-order chi connectivity index (χ0) is 19.6. The molecule has 0 aliphatic heterocycles. The van der Waals surface area contributed by atoms with Crippen LogP contribution in [0.1, 0.15) is 11.1 Å². The zero-order valence-electron chi connectivity index (χ0n) is 16.0. The molecular formula is C21H24O6. The molecule has 0 heterocycles. The van der Waals surface area contributed by atoms with Gasteiger partial charge in [0.05, 0.1) is 21.3 Å². The Kier molecular flexibility index (Phi) is 7.55. The van der Waals surface area contributed by atoms with E-state index in [1.807, 2.05) is 31.2 Å². The average molecular weight is 372 g/mol. The number of hydrogen-bond acceptors (Lipinski definition) is 6. The number of rotatable bonds is 9. The quantitative estimate of drug-likeness (QED) is 0.380. The second kappa shape index (κ2) is 10.1. The minimum Gasteiger partial charge on any atom is -0.496 e. The van der Waals surface area contributed by atoms with E-state index in [0.717, 1.165) is 11.3 Å². The van der Waals surface area contributed by atoms with Gasteiger partial charge < -0.3 is 23.7 Å². The first-order valence-electron chi connectivity index (χ1n) is 8.41. The first kappa shape index (κ1) is 20.2. The molecule has 6 heteroatoms. The van der Waals surface area contributed by atoms with Crippen molar-refractivity contribution in [2.24, 2.45) is 0 Å². The van der Waals surface area contributed by atoms with Crippen LogP contribution in [0, 0.1) is 6.92 Å². The van der Waals surface area contributed by atoms with Crippen LogP contribution in [0.4, 0.5) is 0 Å². The maximum atomic E-state index is 11.9. The normalized spacial score (nSPS) is 10.5. The molecule has 0 spiro atoms. The molecule has 0 aromatic heterocycles. The van der Waals surface area contributed by atoms with E-state index >= 15 is 0 Å². The Bertz CT molecular complexity index is 797. The molecular weight excluding hydrogens is 348 g/mol. The predicted molar refractivity (Wildman–Crippen MR) is 103 cm³/mol. The van der Waals surface area contributed by atoms with Crippen LogP contribution in [0.15, 0.2) is 42.5 Å². The van der Waals surface area contributed by atoms with Gasteiger partial charge in [0.15, 0.2) is 11.5 Å². The Balaban J connectivity index is 1.90. The fourth-order valence-electron chi connectivity index (χ4n) is 2.40. The molecule has 0 amide bonds. The van der Waals surface area contributed by atoms with E-state index in [0.29, 0.717) is 22.8 Å².